The molecule has 1 saturated heterocycles. The lowest BCUT2D eigenvalue weighted by molar-refractivity contribution is 0.0441. The third kappa shape index (κ3) is 1.95. The van der Waals surface area contributed by atoms with Crippen LogP contribution in [0.5, 0.6) is 0 Å². The lowest BCUT2D eigenvalue weighted by atomic mass is 10.1. The van der Waals surface area contributed by atoms with Crippen molar-refractivity contribution in [2.75, 3.05) is 0 Å². The largest absolute Gasteiger partial charge is 0.360 e. The van der Waals surface area contributed by atoms with Crippen LogP contribution in [0, 0.1) is 0 Å². The monoisotopic (exact) mass is 129 g/mol. The second-order valence-corrected chi connectivity index (χ2v) is 2.66. The predicted molar refractivity (Wildman–Crippen MR) is 37.0 cm³/mol. The lowest BCUT2D eigenvalue weighted by Crippen LogP contribution is -2.19. The van der Waals surface area contributed by atoms with Crippen LogP contribution in [-0.2, 0) is 4.74 Å². The first-order valence-electron chi connectivity index (χ1n) is 3.74. The molecular formula is C7H15NO. The van der Waals surface area contributed by atoms with E-state index in [2.05, 4.69) is 6.92 Å². The highest BCUT2D eigenvalue weighted by Gasteiger charge is 2.20. The van der Waals surface area contributed by atoms with Crippen LogP contribution in [0.2, 0.25) is 0 Å². The van der Waals surface area contributed by atoms with E-state index in [9.17, 15) is 0 Å². The maximum absolute atomic E-state index is 5.53. The van der Waals surface area contributed by atoms with E-state index in [0.29, 0.717) is 6.10 Å². The average Bonchev–Trinajstić information content (AvgIpc) is 2.17. The first-order chi connectivity index (χ1) is 4.33. The summed E-state index contributed by atoms with van der Waals surface area (Å²) in [5, 5.41) is 0. The summed E-state index contributed by atoms with van der Waals surface area (Å²) in [4.78, 5) is 0. The maximum Gasteiger partial charge on any atom is 0.106 e. The highest BCUT2D eigenvalue weighted by Crippen LogP contribution is 2.19. The van der Waals surface area contributed by atoms with Gasteiger partial charge in [0, 0.05) is 0 Å². The summed E-state index contributed by atoms with van der Waals surface area (Å²) in [5.74, 6) is 0. The third-order valence-corrected chi connectivity index (χ3v) is 1.75. The molecule has 0 aromatic heterocycles. The Balaban J connectivity index is 2.14. The number of hydrogen-bond acceptors (Lipinski definition) is 2. The normalized spacial score (nSPS) is 35.3. The minimum Gasteiger partial charge on any atom is -0.360 e. The van der Waals surface area contributed by atoms with Crippen molar-refractivity contribution in [3.05, 3.63) is 0 Å². The molecule has 0 bridgehead atoms. The Morgan fingerprint density at radius 2 is 2.33 bits per heavy atom. The highest BCUT2D eigenvalue weighted by atomic mass is 16.5. The molecule has 0 aromatic rings. The van der Waals surface area contributed by atoms with Gasteiger partial charge in [-0.25, -0.2) is 0 Å². The molecule has 1 aliphatic heterocycles. The zero-order valence-electron chi connectivity index (χ0n) is 5.97. The van der Waals surface area contributed by atoms with Crippen molar-refractivity contribution < 1.29 is 4.74 Å². The molecule has 0 amide bonds. The van der Waals surface area contributed by atoms with Crippen molar-refractivity contribution in [1.82, 2.24) is 0 Å². The summed E-state index contributed by atoms with van der Waals surface area (Å²) in [6.45, 7) is 2.17. The van der Waals surface area contributed by atoms with Gasteiger partial charge in [-0.2, -0.15) is 0 Å². The molecule has 9 heavy (non-hydrogen) atoms. The lowest BCUT2D eigenvalue weighted by Gasteiger charge is -2.07. The van der Waals surface area contributed by atoms with Crippen LogP contribution < -0.4 is 5.73 Å². The zero-order chi connectivity index (χ0) is 6.69. The molecule has 2 N–H and O–H groups in total. The molecule has 0 aromatic carbocycles. The van der Waals surface area contributed by atoms with Crippen LogP contribution in [0.25, 0.3) is 0 Å². The van der Waals surface area contributed by atoms with Gasteiger partial charge < -0.3 is 10.5 Å². The topological polar surface area (TPSA) is 35.2 Å². The van der Waals surface area contributed by atoms with Crippen molar-refractivity contribution in [1.29, 1.82) is 0 Å². The number of hydrogen-bond donors (Lipinski definition) is 1. The highest BCUT2D eigenvalue weighted by molar-refractivity contribution is 4.68. The van der Waals surface area contributed by atoms with Crippen LogP contribution in [0.4, 0.5) is 0 Å². The molecule has 1 aliphatic rings. The second kappa shape index (κ2) is 3.18. The van der Waals surface area contributed by atoms with Crippen LogP contribution in [0.1, 0.15) is 32.6 Å². The molecule has 1 fully saturated rings. The van der Waals surface area contributed by atoms with Crippen LogP contribution in [0.3, 0.4) is 0 Å². The molecular weight excluding hydrogens is 114 g/mol. The van der Waals surface area contributed by atoms with Gasteiger partial charge in [0.05, 0.1) is 6.10 Å². The maximum atomic E-state index is 5.53. The van der Waals surface area contributed by atoms with Gasteiger partial charge in [0.25, 0.3) is 0 Å². The standard InChI is InChI=1S/C7H15NO/c1-2-3-6-4-5-7(8)9-6/h6-7H,2-5,8H2,1H3/t6-,7-/m1/s1. The minimum atomic E-state index is 0.0292. The van der Waals surface area contributed by atoms with E-state index in [-0.39, 0.29) is 6.23 Å². The van der Waals surface area contributed by atoms with Gasteiger partial charge in [-0.05, 0) is 19.3 Å². The Kier molecular flexibility index (Phi) is 2.49. The molecule has 0 unspecified atom stereocenters. The molecule has 0 aliphatic carbocycles. The molecule has 1 heterocycles. The summed E-state index contributed by atoms with van der Waals surface area (Å²) in [7, 11) is 0. The Morgan fingerprint density at radius 1 is 1.56 bits per heavy atom. The molecule has 1 rings (SSSR count). The van der Waals surface area contributed by atoms with Gasteiger partial charge in [0.15, 0.2) is 0 Å². The fourth-order valence-electron chi connectivity index (χ4n) is 1.27. The SMILES string of the molecule is CCC[C@@H]1CC[C@H](N)O1. The van der Waals surface area contributed by atoms with E-state index in [1.165, 1.54) is 12.8 Å². The summed E-state index contributed by atoms with van der Waals surface area (Å²) in [6, 6.07) is 0. The molecule has 0 spiro atoms. The van der Waals surface area contributed by atoms with E-state index >= 15 is 0 Å². The average molecular weight is 129 g/mol. The van der Waals surface area contributed by atoms with Crippen molar-refractivity contribution in [3.8, 4) is 0 Å². The first kappa shape index (κ1) is 7.03. The van der Waals surface area contributed by atoms with E-state index < -0.39 is 0 Å². The molecule has 0 saturated carbocycles. The fourth-order valence-corrected chi connectivity index (χ4v) is 1.27. The molecule has 2 nitrogen and oxygen atoms in total. The first-order valence-corrected chi connectivity index (χ1v) is 3.74. The second-order valence-electron chi connectivity index (χ2n) is 2.66. The smallest absolute Gasteiger partial charge is 0.106 e. The van der Waals surface area contributed by atoms with Gasteiger partial charge in [-0.1, -0.05) is 13.3 Å². The number of ether oxygens (including phenoxy) is 1. The Hall–Kier alpha value is -0.0800. The fraction of sp³-hybridized carbons (Fsp3) is 1.00. The molecule has 2 heteroatoms. The van der Waals surface area contributed by atoms with Crippen LogP contribution >= 0.6 is 0 Å². The van der Waals surface area contributed by atoms with E-state index in [4.69, 9.17) is 10.5 Å². The van der Waals surface area contributed by atoms with Gasteiger partial charge in [0.1, 0.15) is 6.23 Å². The summed E-state index contributed by atoms with van der Waals surface area (Å²) in [5.41, 5.74) is 5.53. The number of rotatable bonds is 2. The Morgan fingerprint density at radius 3 is 2.78 bits per heavy atom. The Labute approximate surface area is 56.4 Å². The van der Waals surface area contributed by atoms with Crippen LogP contribution in [-0.4, -0.2) is 12.3 Å². The van der Waals surface area contributed by atoms with E-state index in [0.717, 1.165) is 12.8 Å². The molecule has 0 radical (unpaired) electrons. The summed E-state index contributed by atoms with van der Waals surface area (Å²) < 4.78 is 5.38. The van der Waals surface area contributed by atoms with Gasteiger partial charge in [0.2, 0.25) is 0 Å². The van der Waals surface area contributed by atoms with Gasteiger partial charge in [-0.3, -0.25) is 0 Å². The predicted octanol–water partition coefficient (Wildman–Crippen LogP) is 1.25. The van der Waals surface area contributed by atoms with Gasteiger partial charge in [-0.15, -0.1) is 0 Å². The molecule has 54 valence electrons. The van der Waals surface area contributed by atoms with Crippen LogP contribution in [0.15, 0.2) is 0 Å². The number of nitrogens with two attached hydrogens (primary N) is 1. The van der Waals surface area contributed by atoms with Gasteiger partial charge >= 0.3 is 0 Å². The van der Waals surface area contributed by atoms with E-state index in [1.807, 2.05) is 0 Å². The third-order valence-electron chi connectivity index (χ3n) is 1.75. The summed E-state index contributed by atoms with van der Waals surface area (Å²) >= 11 is 0. The minimum absolute atomic E-state index is 0.0292. The van der Waals surface area contributed by atoms with Crippen molar-refractivity contribution in [2.45, 2.75) is 44.9 Å². The molecule has 2 atom stereocenters. The van der Waals surface area contributed by atoms with E-state index in [1.54, 1.807) is 0 Å². The quantitative estimate of drug-likeness (QED) is 0.609. The van der Waals surface area contributed by atoms with Crippen molar-refractivity contribution >= 4 is 0 Å². The van der Waals surface area contributed by atoms with Crippen molar-refractivity contribution in [2.24, 2.45) is 5.73 Å². The Bertz CT molecular complexity index is 83.0. The zero-order valence-corrected chi connectivity index (χ0v) is 5.97. The van der Waals surface area contributed by atoms with Crippen molar-refractivity contribution in [3.63, 3.8) is 0 Å². The summed E-state index contributed by atoms with van der Waals surface area (Å²) in [6.07, 6.45) is 5.08.